The average molecular weight is 268 g/mol. The highest BCUT2D eigenvalue weighted by molar-refractivity contribution is 7.09. The predicted molar refractivity (Wildman–Crippen MR) is 75.9 cm³/mol. The summed E-state index contributed by atoms with van der Waals surface area (Å²) in [7, 11) is 0. The Morgan fingerprint density at radius 2 is 2.44 bits per heavy atom. The van der Waals surface area contributed by atoms with E-state index in [0.717, 1.165) is 25.9 Å². The zero-order chi connectivity index (χ0) is 13.0. The van der Waals surface area contributed by atoms with Gasteiger partial charge >= 0.3 is 0 Å². The normalized spacial score (nSPS) is 28.8. The zero-order valence-corrected chi connectivity index (χ0v) is 12.4. The number of nitrogens with one attached hydrogen (secondary N) is 1. The van der Waals surface area contributed by atoms with Gasteiger partial charge in [-0.15, -0.1) is 11.3 Å². The van der Waals surface area contributed by atoms with E-state index < -0.39 is 0 Å². The third kappa shape index (κ3) is 3.11. The summed E-state index contributed by atoms with van der Waals surface area (Å²) in [6.45, 7) is 7.47. The smallest absolute Gasteiger partial charge is 0.113 e. The van der Waals surface area contributed by atoms with Crippen LogP contribution >= 0.6 is 11.3 Å². The van der Waals surface area contributed by atoms with Crippen molar-refractivity contribution >= 4 is 11.3 Å². The van der Waals surface area contributed by atoms with Gasteiger partial charge in [0.2, 0.25) is 0 Å². The topological polar surface area (TPSA) is 34.2 Å². The van der Waals surface area contributed by atoms with Crippen molar-refractivity contribution in [2.75, 3.05) is 6.61 Å². The molecule has 3 nitrogen and oxygen atoms in total. The number of nitrogens with zero attached hydrogens (tertiary/aromatic N) is 1. The molecule has 2 atom stereocenters. The van der Waals surface area contributed by atoms with Gasteiger partial charge < -0.3 is 10.1 Å². The first-order chi connectivity index (χ1) is 8.66. The maximum atomic E-state index is 5.89. The summed E-state index contributed by atoms with van der Waals surface area (Å²) >= 11 is 1.76. The van der Waals surface area contributed by atoms with Crippen molar-refractivity contribution < 1.29 is 4.74 Å². The van der Waals surface area contributed by atoms with Crippen molar-refractivity contribution in [2.24, 2.45) is 0 Å². The molecule has 1 aliphatic rings. The lowest BCUT2D eigenvalue weighted by atomic mass is 9.85. The maximum absolute atomic E-state index is 5.89. The van der Waals surface area contributed by atoms with Gasteiger partial charge in [0, 0.05) is 24.2 Å². The summed E-state index contributed by atoms with van der Waals surface area (Å²) in [5, 5.41) is 7.05. The first-order valence-electron chi connectivity index (χ1n) is 6.95. The SMILES string of the molecule is CCCC1CC(NC(C)C)(c2nccs2)CCO1. The van der Waals surface area contributed by atoms with Crippen LogP contribution in [-0.4, -0.2) is 23.7 Å². The van der Waals surface area contributed by atoms with Crippen molar-refractivity contribution in [3.05, 3.63) is 16.6 Å². The molecule has 0 aromatic carbocycles. The Hall–Kier alpha value is -0.450. The van der Waals surface area contributed by atoms with Gasteiger partial charge in [0.15, 0.2) is 0 Å². The number of hydrogen-bond acceptors (Lipinski definition) is 4. The van der Waals surface area contributed by atoms with Gasteiger partial charge in [0.05, 0.1) is 11.6 Å². The van der Waals surface area contributed by atoms with Crippen molar-refractivity contribution in [3.8, 4) is 0 Å². The molecule has 0 aliphatic carbocycles. The first-order valence-corrected chi connectivity index (χ1v) is 7.83. The Bertz CT molecular complexity index is 351. The second kappa shape index (κ2) is 6.13. The van der Waals surface area contributed by atoms with Gasteiger partial charge in [-0.3, -0.25) is 0 Å². The van der Waals surface area contributed by atoms with E-state index >= 15 is 0 Å². The molecule has 102 valence electrons. The minimum absolute atomic E-state index is 0.0282. The second-order valence-electron chi connectivity index (χ2n) is 5.45. The molecule has 2 rings (SSSR count). The molecule has 1 fully saturated rings. The van der Waals surface area contributed by atoms with Crippen LogP contribution in [0.4, 0.5) is 0 Å². The Kier molecular flexibility index (Phi) is 4.76. The third-order valence-corrected chi connectivity index (χ3v) is 4.45. The lowest BCUT2D eigenvalue weighted by Crippen LogP contribution is -2.51. The fraction of sp³-hybridized carbons (Fsp3) is 0.786. The van der Waals surface area contributed by atoms with Crippen molar-refractivity contribution in [1.82, 2.24) is 10.3 Å². The number of aromatic nitrogens is 1. The minimum atomic E-state index is 0.0282. The maximum Gasteiger partial charge on any atom is 0.113 e. The standard InChI is InChI=1S/C14H24N2OS/c1-4-5-12-10-14(6-8-17-12,16-11(2)3)13-15-7-9-18-13/h7,9,11-12,16H,4-6,8,10H2,1-3H3. The molecular weight excluding hydrogens is 244 g/mol. The molecule has 0 saturated carbocycles. The van der Waals surface area contributed by atoms with Gasteiger partial charge in [-0.1, -0.05) is 13.3 Å². The highest BCUT2D eigenvalue weighted by atomic mass is 32.1. The molecule has 0 amide bonds. The predicted octanol–water partition coefficient (Wildman–Crippen LogP) is 3.32. The molecule has 1 aromatic rings. The minimum Gasteiger partial charge on any atom is -0.378 e. The van der Waals surface area contributed by atoms with Crippen LogP contribution < -0.4 is 5.32 Å². The monoisotopic (exact) mass is 268 g/mol. The average Bonchev–Trinajstić information content (AvgIpc) is 2.82. The number of hydrogen-bond donors (Lipinski definition) is 1. The summed E-state index contributed by atoms with van der Waals surface area (Å²) < 4.78 is 5.89. The second-order valence-corrected chi connectivity index (χ2v) is 6.35. The summed E-state index contributed by atoms with van der Waals surface area (Å²) in [5.74, 6) is 0. The van der Waals surface area contributed by atoms with E-state index in [1.807, 2.05) is 6.20 Å². The van der Waals surface area contributed by atoms with Gasteiger partial charge in [-0.25, -0.2) is 4.98 Å². The van der Waals surface area contributed by atoms with Crippen molar-refractivity contribution in [2.45, 2.75) is 64.1 Å². The molecular formula is C14H24N2OS. The molecule has 18 heavy (non-hydrogen) atoms. The van der Waals surface area contributed by atoms with E-state index in [-0.39, 0.29) is 5.54 Å². The van der Waals surface area contributed by atoms with Gasteiger partial charge in [-0.05, 0) is 33.1 Å². The van der Waals surface area contributed by atoms with E-state index in [0.29, 0.717) is 12.1 Å². The molecule has 0 radical (unpaired) electrons. The number of thiazole rings is 1. The van der Waals surface area contributed by atoms with Crippen molar-refractivity contribution in [3.63, 3.8) is 0 Å². The third-order valence-electron chi connectivity index (χ3n) is 3.48. The summed E-state index contributed by atoms with van der Waals surface area (Å²) in [6, 6.07) is 0.467. The quantitative estimate of drug-likeness (QED) is 0.889. The van der Waals surface area contributed by atoms with Crippen LogP contribution in [0, 0.1) is 0 Å². The fourth-order valence-electron chi connectivity index (χ4n) is 2.86. The Balaban J connectivity index is 2.19. The lowest BCUT2D eigenvalue weighted by Gasteiger charge is -2.41. The molecule has 1 aliphatic heterocycles. The molecule has 1 aromatic heterocycles. The molecule has 2 unspecified atom stereocenters. The zero-order valence-electron chi connectivity index (χ0n) is 11.6. The Labute approximate surface area is 114 Å². The van der Waals surface area contributed by atoms with Gasteiger partial charge in [0.1, 0.15) is 5.01 Å². The summed E-state index contributed by atoms with van der Waals surface area (Å²) in [6.07, 6.45) is 6.69. The largest absolute Gasteiger partial charge is 0.378 e. The molecule has 4 heteroatoms. The van der Waals surface area contributed by atoms with Crippen LogP contribution in [-0.2, 0) is 10.3 Å². The van der Waals surface area contributed by atoms with Crippen LogP contribution in [0.25, 0.3) is 0 Å². The first kappa shape index (κ1) is 14.0. The molecule has 0 bridgehead atoms. The Morgan fingerprint density at radius 1 is 1.61 bits per heavy atom. The number of rotatable bonds is 5. The van der Waals surface area contributed by atoms with Crippen LogP contribution in [0.5, 0.6) is 0 Å². The van der Waals surface area contributed by atoms with Gasteiger partial charge in [-0.2, -0.15) is 0 Å². The van der Waals surface area contributed by atoms with E-state index in [9.17, 15) is 0 Å². The Morgan fingerprint density at radius 3 is 3.06 bits per heavy atom. The molecule has 2 heterocycles. The van der Waals surface area contributed by atoms with Crippen molar-refractivity contribution in [1.29, 1.82) is 0 Å². The summed E-state index contributed by atoms with van der Waals surface area (Å²) in [5.41, 5.74) is 0.0282. The van der Waals surface area contributed by atoms with Crippen LogP contribution in [0.1, 0.15) is 51.5 Å². The number of ether oxygens (including phenoxy) is 1. The molecule has 0 spiro atoms. The lowest BCUT2D eigenvalue weighted by molar-refractivity contribution is -0.0371. The fourth-order valence-corrected chi connectivity index (χ4v) is 3.70. The van der Waals surface area contributed by atoms with E-state index in [1.54, 1.807) is 11.3 Å². The van der Waals surface area contributed by atoms with E-state index in [2.05, 4.69) is 36.5 Å². The molecule has 1 saturated heterocycles. The summed E-state index contributed by atoms with van der Waals surface area (Å²) in [4.78, 5) is 4.56. The van der Waals surface area contributed by atoms with Gasteiger partial charge in [0.25, 0.3) is 0 Å². The van der Waals surface area contributed by atoms with Crippen LogP contribution in [0.15, 0.2) is 11.6 Å². The van der Waals surface area contributed by atoms with Crippen LogP contribution in [0.2, 0.25) is 0 Å². The highest BCUT2D eigenvalue weighted by Gasteiger charge is 2.40. The van der Waals surface area contributed by atoms with Crippen LogP contribution in [0.3, 0.4) is 0 Å². The highest BCUT2D eigenvalue weighted by Crippen LogP contribution is 2.37. The van der Waals surface area contributed by atoms with E-state index in [4.69, 9.17) is 4.74 Å². The van der Waals surface area contributed by atoms with E-state index in [1.165, 1.54) is 11.4 Å². The molecule has 1 N–H and O–H groups in total.